The second-order valence-corrected chi connectivity index (χ2v) is 9.53. The Hall–Kier alpha value is -2.06. The number of halogens is 3. The van der Waals surface area contributed by atoms with Crippen LogP contribution in [0.5, 0.6) is 0 Å². The van der Waals surface area contributed by atoms with E-state index in [1.54, 1.807) is 12.1 Å². The van der Waals surface area contributed by atoms with Gasteiger partial charge in [0.2, 0.25) is 10.0 Å². The number of rotatable bonds is 1. The number of hydrogen-bond acceptors (Lipinski definition) is 3. The van der Waals surface area contributed by atoms with Crippen molar-refractivity contribution in [1.82, 2.24) is 4.31 Å². The van der Waals surface area contributed by atoms with Gasteiger partial charge in [0.15, 0.2) is 0 Å². The highest BCUT2D eigenvalue weighted by atomic mass is 32.2. The number of fused-ring (bicyclic) bond motifs is 2. The first kappa shape index (κ1) is 19.3. The van der Waals surface area contributed by atoms with Crippen molar-refractivity contribution in [3.63, 3.8) is 0 Å². The lowest BCUT2D eigenvalue weighted by Crippen LogP contribution is -2.36. The van der Waals surface area contributed by atoms with Crippen molar-refractivity contribution >= 4 is 15.7 Å². The van der Waals surface area contributed by atoms with E-state index in [1.807, 2.05) is 13.0 Å². The predicted molar refractivity (Wildman–Crippen MR) is 100 cm³/mol. The van der Waals surface area contributed by atoms with Crippen LogP contribution in [0.4, 0.5) is 18.9 Å². The molecule has 0 radical (unpaired) electrons. The summed E-state index contributed by atoms with van der Waals surface area (Å²) >= 11 is 0. The molecule has 0 spiro atoms. The second-order valence-electron chi connectivity index (χ2n) is 7.67. The van der Waals surface area contributed by atoms with Gasteiger partial charge in [0.25, 0.3) is 0 Å². The van der Waals surface area contributed by atoms with E-state index in [-0.39, 0.29) is 17.4 Å². The van der Waals surface area contributed by atoms with Crippen molar-refractivity contribution in [2.24, 2.45) is 5.92 Å². The third kappa shape index (κ3) is 3.08. The molecule has 0 saturated carbocycles. The molecular weight excluding hydrogens is 389 g/mol. The molecule has 2 N–H and O–H groups in total. The minimum Gasteiger partial charge on any atom is -0.398 e. The van der Waals surface area contributed by atoms with Gasteiger partial charge >= 0.3 is 6.18 Å². The van der Waals surface area contributed by atoms with Crippen LogP contribution in [0.25, 0.3) is 0 Å². The molecule has 8 heteroatoms. The highest BCUT2D eigenvalue weighted by Crippen LogP contribution is 2.43. The van der Waals surface area contributed by atoms with Crippen LogP contribution in [0.1, 0.15) is 41.6 Å². The van der Waals surface area contributed by atoms with Gasteiger partial charge in [0.05, 0.1) is 16.5 Å². The highest BCUT2D eigenvalue weighted by Gasteiger charge is 2.41. The van der Waals surface area contributed by atoms with Crippen molar-refractivity contribution < 1.29 is 21.6 Å². The largest absolute Gasteiger partial charge is 0.416 e. The molecule has 150 valence electrons. The van der Waals surface area contributed by atoms with Crippen LogP contribution in [-0.2, 0) is 29.0 Å². The predicted octanol–water partition coefficient (Wildman–Crippen LogP) is 4.16. The van der Waals surface area contributed by atoms with Crippen LogP contribution in [0.2, 0.25) is 0 Å². The number of sulfonamides is 1. The monoisotopic (exact) mass is 410 g/mol. The maximum atomic E-state index is 13.5. The van der Waals surface area contributed by atoms with Crippen molar-refractivity contribution in [3.8, 4) is 0 Å². The molecule has 28 heavy (non-hydrogen) atoms. The highest BCUT2D eigenvalue weighted by molar-refractivity contribution is 7.89. The molecule has 0 fully saturated rings. The molecule has 0 bridgehead atoms. The molecule has 2 aromatic carbocycles. The number of alkyl halides is 3. The summed E-state index contributed by atoms with van der Waals surface area (Å²) in [6, 6.07) is 8.07. The lowest BCUT2D eigenvalue weighted by atomic mass is 9.99. The molecule has 0 saturated heterocycles. The normalized spacial score (nSPS) is 24.4. The van der Waals surface area contributed by atoms with E-state index in [0.717, 1.165) is 23.3 Å². The van der Waals surface area contributed by atoms with E-state index in [9.17, 15) is 21.6 Å². The van der Waals surface area contributed by atoms with Gasteiger partial charge in [-0.05, 0) is 60.1 Å². The smallest absolute Gasteiger partial charge is 0.398 e. The number of nitrogens with two attached hydrogens (primary N) is 1. The van der Waals surface area contributed by atoms with Gasteiger partial charge in [-0.15, -0.1) is 0 Å². The van der Waals surface area contributed by atoms with E-state index in [0.29, 0.717) is 30.5 Å². The lowest BCUT2D eigenvalue weighted by molar-refractivity contribution is -0.137. The van der Waals surface area contributed by atoms with Gasteiger partial charge in [-0.3, -0.25) is 0 Å². The summed E-state index contributed by atoms with van der Waals surface area (Å²) in [5, 5.41) is 0. The molecule has 4 rings (SSSR count). The Morgan fingerprint density at radius 1 is 1.18 bits per heavy atom. The number of hydrogen-bond donors (Lipinski definition) is 1. The molecule has 1 aliphatic carbocycles. The number of nitrogen functional groups attached to an aromatic ring is 1. The summed E-state index contributed by atoms with van der Waals surface area (Å²) in [6.07, 6.45) is -2.95. The first-order chi connectivity index (χ1) is 13.1. The molecule has 1 aliphatic heterocycles. The van der Waals surface area contributed by atoms with Gasteiger partial charge in [0.1, 0.15) is 0 Å². The zero-order chi connectivity index (χ0) is 20.3. The summed E-state index contributed by atoms with van der Waals surface area (Å²) in [4.78, 5) is -0.232. The van der Waals surface area contributed by atoms with E-state index in [2.05, 4.69) is 0 Å². The van der Waals surface area contributed by atoms with Gasteiger partial charge in [-0.25, -0.2) is 8.42 Å². The molecule has 2 atom stereocenters. The Balaban J connectivity index is 1.85. The van der Waals surface area contributed by atoms with Gasteiger partial charge in [-0.2, -0.15) is 17.5 Å². The Morgan fingerprint density at radius 3 is 2.64 bits per heavy atom. The van der Waals surface area contributed by atoms with E-state index >= 15 is 0 Å². The van der Waals surface area contributed by atoms with Crippen LogP contribution in [0, 0.1) is 5.92 Å². The van der Waals surface area contributed by atoms with Gasteiger partial charge in [0, 0.05) is 12.2 Å². The number of benzene rings is 2. The first-order valence-electron chi connectivity index (χ1n) is 9.18. The summed E-state index contributed by atoms with van der Waals surface area (Å²) in [6.45, 7) is 2.18. The number of nitrogens with zero attached hydrogens (tertiary/aromatic N) is 1. The van der Waals surface area contributed by atoms with Crippen LogP contribution < -0.4 is 5.73 Å². The zero-order valence-electron chi connectivity index (χ0n) is 15.3. The standard InChI is InChI=1S/C20H21F3N2O2S/c1-12-9-13-5-6-14(20(21,22)23)10-19(13)28(26,27)25(11-12)18-8-7-15-16(18)3-2-4-17(15)24/h2-6,10,12,18H,7-9,11,24H2,1H3/t12-,18?/m0/s1. The Labute approximate surface area is 162 Å². The quantitative estimate of drug-likeness (QED) is 0.718. The van der Waals surface area contributed by atoms with Gasteiger partial charge in [-0.1, -0.05) is 25.1 Å². The van der Waals surface area contributed by atoms with Crippen molar-refractivity contribution in [1.29, 1.82) is 0 Å². The summed E-state index contributed by atoms with van der Waals surface area (Å²) in [5.41, 5.74) is 7.95. The maximum absolute atomic E-state index is 13.5. The average Bonchev–Trinajstić information content (AvgIpc) is 3.00. The third-order valence-corrected chi connectivity index (χ3v) is 7.62. The molecule has 4 nitrogen and oxygen atoms in total. The van der Waals surface area contributed by atoms with Crippen LogP contribution in [0.3, 0.4) is 0 Å². The molecule has 0 aromatic heterocycles. The Morgan fingerprint density at radius 2 is 1.93 bits per heavy atom. The fourth-order valence-electron chi connectivity index (χ4n) is 4.37. The molecule has 1 heterocycles. The van der Waals surface area contributed by atoms with E-state index in [1.165, 1.54) is 10.4 Å². The van der Waals surface area contributed by atoms with E-state index in [4.69, 9.17) is 5.73 Å². The molecular formula is C20H21F3N2O2S. The first-order valence-corrected chi connectivity index (χ1v) is 10.6. The van der Waals surface area contributed by atoms with Crippen molar-refractivity contribution in [2.75, 3.05) is 12.3 Å². The molecule has 1 unspecified atom stereocenters. The van der Waals surface area contributed by atoms with Crippen LogP contribution >= 0.6 is 0 Å². The topological polar surface area (TPSA) is 63.4 Å². The van der Waals surface area contributed by atoms with Crippen molar-refractivity contribution in [3.05, 3.63) is 58.7 Å². The fraction of sp³-hybridized carbons (Fsp3) is 0.400. The summed E-state index contributed by atoms with van der Waals surface area (Å²) in [5.74, 6) is -0.0159. The fourth-order valence-corrected chi connectivity index (χ4v) is 6.38. The average molecular weight is 410 g/mol. The van der Waals surface area contributed by atoms with E-state index < -0.39 is 27.8 Å². The van der Waals surface area contributed by atoms with Crippen molar-refractivity contribution in [2.45, 2.75) is 43.3 Å². The number of anilines is 1. The minimum absolute atomic E-state index is 0.0159. The Kier molecular flexibility index (Phi) is 4.46. The summed E-state index contributed by atoms with van der Waals surface area (Å²) < 4.78 is 67.9. The summed E-state index contributed by atoms with van der Waals surface area (Å²) in [7, 11) is -4.08. The van der Waals surface area contributed by atoms with Gasteiger partial charge < -0.3 is 5.73 Å². The molecule has 0 amide bonds. The van der Waals surface area contributed by atoms with Crippen LogP contribution in [0.15, 0.2) is 41.3 Å². The second kappa shape index (κ2) is 6.49. The van der Waals surface area contributed by atoms with Crippen LogP contribution in [-0.4, -0.2) is 19.3 Å². The SMILES string of the molecule is C[C@H]1Cc2ccc(C(F)(F)F)cc2S(=O)(=O)N(C2CCc3c(N)cccc32)C1. The molecule has 2 aliphatic rings. The lowest BCUT2D eigenvalue weighted by Gasteiger charge is -2.29. The Bertz CT molecular complexity index is 1030. The minimum atomic E-state index is -4.60. The zero-order valence-corrected chi connectivity index (χ0v) is 16.1. The maximum Gasteiger partial charge on any atom is 0.416 e. The molecule has 2 aromatic rings. The third-order valence-electron chi connectivity index (χ3n) is 5.66.